The molecule has 0 heterocycles. The molecular formula is C12H18FNO2S. The predicted molar refractivity (Wildman–Crippen MR) is 66.6 cm³/mol. The standard InChI is InChI=1S/C12H18FNO2S/c1-9(2)7-17(15,16)8-11-5-12(13)4-3-10(11)6-14/h3-5,9H,6-8,14H2,1-2H3. The molecule has 0 fully saturated rings. The number of hydrogen-bond donors (Lipinski definition) is 1. The van der Waals surface area contributed by atoms with E-state index in [0.29, 0.717) is 11.1 Å². The Bertz CT molecular complexity index is 483. The van der Waals surface area contributed by atoms with Crippen LogP contribution in [-0.2, 0) is 22.1 Å². The van der Waals surface area contributed by atoms with Gasteiger partial charge in [0.25, 0.3) is 0 Å². The van der Waals surface area contributed by atoms with Gasteiger partial charge in [-0.25, -0.2) is 12.8 Å². The molecule has 0 aliphatic heterocycles. The highest BCUT2D eigenvalue weighted by atomic mass is 32.2. The van der Waals surface area contributed by atoms with Crippen molar-refractivity contribution < 1.29 is 12.8 Å². The number of benzene rings is 1. The molecule has 0 bridgehead atoms. The minimum Gasteiger partial charge on any atom is -0.326 e. The van der Waals surface area contributed by atoms with Crippen LogP contribution < -0.4 is 5.73 Å². The molecule has 0 saturated carbocycles. The molecule has 2 N–H and O–H groups in total. The zero-order valence-electron chi connectivity index (χ0n) is 10.1. The smallest absolute Gasteiger partial charge is 0.154 e. The Labute approximate surface area is 102 Å². The fourth-order valence-electron chi connectivity index (χ4n) is 1.73. The quantitative estimate of drug-likeness (QED) is 0.878. The maximum Gasteiger partial charge on any atom is 0.154 e. The van der Waals surface area contributed by atoms with E-state index in [1.165, 1.54) is 18.2 Å². The molecule has 0 atom stereocenters. The van der Waals surface area contributed by atoms with E-state index in [1.54, 1.807) is 0 Å². The van der Waals surface area contributed by atoms with E-state index >= 15 is 0 Å². The summed E-state index contributed by atoms with van der Waals surface area (Å²) in [6, 6.07) is 4.08. The average Bonchev–Trinajstić information content (AvgIpc) is 2.14. The van der Waals surface area contributed by atoms with Crippen LogP contribution in [-0.4, -0.2) is 14.2 Å². The Kier molecular flexibility index (Phi) is 4.65. The summed E-state index contributed by atoms with van der Waals surface area (Å²) in [6.07, 6.45) is 0. The van der Waals surface area contributed by atoms with Crippen molar-refractivity contribution in [2.24, 2.45) is 11.7 Å². The first kappa shape index (κ1) is 14.1. The summed E-state index contributed by atoms with van der Waals surface area (Å²) in [4.78, 5) is 0. The maximum atomic E-state index is 13.1. The zero-order valence-corrected chi connectivity index (χ0v) is 10.9. The highest BCUT2D eigenvalue weighted by molar-refractivity contribution is 7.90. The number of rotatable bonds is 5. The highest BCUT2D eigenvalue weighted by Crippen LogP contribution is 2.16. The largest absolute Gasteiger partial charge is 0.326 e. The highest BCUT2D eigenvalue weighted by Gasteiger charge is 2.16. The Balaban J connectivity index is 2.98. The second-order valence-corrected chi connectivity index (χ2v) is 6.67. The lowest BCUT2D eigenvalue weighted by molar-refractivity contribution is 0.581. The van der Waals surface area contributed by atoms with Crippen molar-refractivity contribution in [3.63, 3.8) is 0 Å². The van der Waals surface area contributed by atoms with Crippen molar-refractivity contribution in [1.29, 1.82) is 0 Å². The lowest BCUT2D eigenvalue weighted by atomic mass is 10.1. The fourth-order valence-corrected chi connectivity index (χ4v) is 3.61. The molecule has 0 unspecified atom stereocenters. The SMILES string of the molecule is CC(C)CS(=O)(=O)Cc1cc(F)ccc1CN. The summed E-state index contributed by atoms with van der Waals surface area (Å²) in [5.74, 6) is -0.407. The van der Waals surface area contributed by atoms with E-state index in [-0.39, 0.29) is 24.0 Å². The number of halogens is 1. The molecule has 1 aromatic rings. The van der Waals surface area contributed by atoms with E-state index in [1.807, 2.05) is 13.8 Å². The van der Waals surface area contributed by atoms with E-state index in [2.05, 4.69) is 0 Å². The summed E-state index contributed by atoms with van der Waals surface area (Å²) in [7, 11) is -3.21. The molecule has 0 amide bonds. The van der Waals surface area contributed by atoms with Crippen LogP contribution in [0.15, 0.2) is 18.2 Å². The van der Waals surface area contributed by atoms with Gasteiger partial charge < -0.3 is 5.73 Å². The van der Waals surface area contributed by atoms with E-state index in [4.69, 9.17) is 5.73 Å². The van der Waals surface area contributed by atoms with Crippen LogP contribution in [0.4, 0.5) is 4.39 Å². The van der Waals surface area contributed by atoms with Gasteiger partial charge >= 0.3 is 0 Å². The molecule has 0 aliphatic carbocycles. The minimum atomic E-state index is -3.21. The van der Waals surface area contributed by atoms with Gasteiger partial charge in [0.15, 0.2) is 9.84 Å². The summed E-state index contributed by atoms with van der Waals surface area (Å²) in [5, 5.41) is 0. The van der Waals surface area contributed by atoms with Crippen molar-refractivity contribution in [2.75, 3.05) is 5.75 Å². The lowest BCUT2D eigenvalue weighted by Gasteiger charge is -2.10. The van der Waals surface area contributed by atoms with Crippen molar-refractivity contribution >= 4 is 9.84 Å². The number of nitrogens with two attached hydrogens (primary N) is 1. The topological polar surface area (TPSA) is 60.2 Å². The van der Waals surface area contributed by atoms with Crippen molar-refractivity contribution in [2.45, 2.75) is 26.1 Å². The molecule has 0 spiro atoms. The molecule has 0 saturated heterocycles. The first-order chi connectivity index (χ1) is 7.84. The number of sulfone groups is 1. The average molecular weight is 259 g/mol. The third-order valence-corrected chi connectivity index (χ3v) is 4.28. The summed E-state index contributed by atoms with van der Waals surface area (Å²) < 4.78 is 36.7. The fraction of sp³-hybridized carbons (Fsp3) is 0.500. The minimum absolute atomic E-state index is 0.0647. The van der Waals surface area contributed by atoms with Crippen molar-refractivity contribution in [3.05, 3.63) is 35.1 Å². The van der Waals surface area contributed by atoms with Crippen LogP contribution in [0.2, 0.25) is 0 Å². The monoisotopic (exact) mass is 259 g/mol. The molecule has 17 heavy (non-hydrogen) atoms. The van der Waals surface area contributed by atoms with Crippen LogP contribution in [0.5, 0.6) is 0 Å². The third kappa shape index (κ3) is 4.44. The third-order valence-electron chi connectivity index (χ3n) is 2.35. The normalized spacial score (nSPS) is 12.1. The van der Waals surface area contributed by atoms with Gasteiger partial charge in [-0.15, -0.1) is 0 Å². The Morgan fingerprint density at radius 1 is 1.29 bits per heavy atom. The molecule has 96 valence electrons. The lowest BCUT2D eigenvalue weighted by Crippen LogP contribution is -2.15. The zero-order chi connectivity index (χ0) is 13.1. The molecular weight excluding hydrogens is 241 g/mol. The maximum absolute atomic E-state index is 13.1. The first-order valence-corrected chi connectivity index (χ1v) is 7.34. The van der Waals surface area contributed by atoms with Gasteiger partial charge in [-0.3, -0.25) is 0 Å². The van der Waals surface area contributed by atoms with Gasteiger partial charge in [-0.05, 0) is 29.2 Å². The molecule has 1 rings (SSSR count). The summed E-state index contributed by atoms with van der Waals surface area (Å²) in [5.41, 5.74) is 6.65. The van der Waals surface area contributed by atoms with Crippen LogP contribution in [0.1, 0.15) is 25.0 Å². The molecule has 0 aromatic heterocycles. The molecule has 1 aromatic carbocycles. The Hall–Kier alpha value is -0.940. The summed E-state index contributed by atoms with van der Waals surface area (Å²) in [6.45, 7) is 3.90. The van der Waals surface area contributed by atoms with Gasteiger partial charge in [0.1, 0.15) is 5.82 Å². The van der Waals surface area contributed by atoms with Crippen LogP contribution in [0.3, 0.4) is 0 Å². The Morgan fingerprint density at radius 2 is 1.94 bits per heavy atom. The van der Waals surface area contributed by atoms with Gasteiger partial charge in [-0.1, -0.05) is 19.9 Å². The van der Waals surface area contributed by atoms with Gasteiger partial charge in [0.2, 0.25) is 0 Å². The van der Waals surface area contributed by atoms with Crippen LogP contribution in [0, 0.1) is 11.7 Å². The van der Waals surface area contributed by atoms with Crippen molar-refractivity contribution in [1.82, 2.24) is 0 Å². The molecule has 3 nitrogen and oxygen atoms in total. The molecule has 0 aliphatic rings. The van der Waals surface area contributed by atoms with Gasteiger partial charge in [0, 0.05) is 6.54 Å². The second kappa shape index (κ2) is 5.60. The van der Waals surface area contributed by atoms with Crippen LogP contribution >= 0.6 is 0 Å². The summed E-state index contributed by atoms with van der Waals surface area (Å²) >= 11 is 0. The first-order valence-electron chi connectivity index (χ1n) is 5.52. The predicted octanol–water partition coefficient (Wildman–Crippen LogP) is 1.86. The van der Waals surface area contributed by atoms with Crippen LogP contribution in [0.25, 0.3) is 0 Å². The van der Waals surface area contributed by atoms with E-state index in [9.17, 15) is 12.8 Å². The second-order valence-electron chi connectivity index (χ2n) is 4.57. The number of hydrogen-bond acceptors (Lipinski definition) is 3. The van der Waals surface area contributed by atoms with Gasteiger partial charge in [-0.2, -0.15) is 0 Å². The van der Waals surface area contributed by atoms with Gasteiger partial charge in [0.05, 0.1) is 11.5 Å². The van der Waals surface area contributed by atoms with E-state index < -0.39 is 15.7 Å². The van der Waals surface area contributed by atoms with Crippen molar-refractivity contribution in [3.8, 4) is 0 Å². The molecule has 0 radical (unpaired) electrons. The molecule has 5 heteroatoms. The Morgan fingerprint density at radius 3 is 2.47 bits per heavy atom. The van der Waals surface area contributed by atoms with E-state index in [0.717, 1.165) is 0 Å².